The number of carbonyl (C=O) groups is 1. The fourth-order valence-corrected chi connectivity index (χ4v) is 5.37. The zero-order valence-electron chi connectivity index (χ0n) is 12.6. The van der Waals surface area contributed by atoms with Crippen LogP contribution < -0.4 is 4.90 Å². The third-order valence-electron chi connectivity index (χ3n) is 4.60. The van der Waals surface area contributed by atoms with Gasteiger partial charge in [0.05, 0.1) is 17.2 Å². The number of sulfone groups is 1. The van der Waals surface area contributed by atoms with Crippen molar-refractivity contribution in [1.29, 1.82) is 0 Å². The van der Waals surface area contributed by atoms with E-state index in [0.717, 1.165) is 12.0 Å². The van der Waals surface area contributed by atoms with E-state index < -0.39 is 9.84 Å². The van der Waals surface area contributed by atoms with Crippen LogP contribution in [0.3, 0.4) is 0 Å². The summed E-state index contributed by atoms with van der Waals surface area (Å²) in [6.45, 7) is 2.46. The summed E-state index contributed by atoms with van der Waals surface area (Å²) in [5.74, 6) is -0.174. The maximum absolute atomic E-state index is 14.0. The van der Waals surface area contributed by atoms with Gasteiger partial charge in [-0.15, -0.1) is 0 Å². The van der Waals surface area contributed by atoms with Crippen LogP contribution in [0.1, 0.15) is 30.4 Å². The van der Waals surface area contributed by atoms with Gasteiger partial charge in [-0.2, -0.15) is 0 Å². The van der Waals surface area contributed by atoms with Crippen LogP contribution in [0, 0.1) is 18.7 Å². The highest BCUT2D eigenvalue weighted by Crippen LogP contribution is 2.34. The summed E-state index contributed by atoms with van der Waals surface area (Å²) in [5.41, 5.74) is 2.19. The Kier molecular flexibility index (Phi) is 3.97. The molecule has 0 bridgehead atoms. The van der Waals surface area contributed by atoms with Crippen molar-refractivity contribution < 1.29 is 17.6 Å². The van der Waals surface area contributed by atoms with Crippen molar-refractivity contribution in [2.75, 3.05) is 23.0 Å². The molecule has 0 aliphatic carbocycles. The number of halogens is 1. The van der Waals surface area contributed by atoms with Crippen molar-refractivity contribution in [3.8, 4) is 0 Å². The lowest BCUT2D eigenvalue weighted by Crippen LogP contribution is -2.37. The molecule has 1 amide bonds. The average molecular weight is 325 g/mol. The molecule has 0 saturated carbocycles. The van der Waals surface area contributed by atoms with Gasteiger partial charge in [-0.3, -0.25) is 4.79 Å². The van der Waals surface area contributed by atoms with Crippen molar-refractivity contribution in [2.45, 2.75) is 32.6 Å². The summed E-state index contributed by atoms with van der Waals surface area (Å²) in [6, 6.07) is 3.14. The van der Waals surface area contributed by atoms with Gasteiger partial charge >= 0.3 is 0 Å². The first-order chi connectivity index (χ1) is 10.4. The molecule has 3 rings (SSSR count). The van der Waals surface area contributed by atoms with Gasteiger partial charge in [0.1, 0.15) is 5.82 Å². The summed E-state index contributed by atoms with van der Waals surface area (Å²) >= 11 is 0. The van der Waals surface area contributed by atoms with Crippen LogP contribution in [0.5, 0.6) is 0 Å². The minimum Gasteiger partial charge on any atom is -0.312 e. The predicted octanol–water partition coefficient (Wildman–Crippen LogP) is 2.24. The van der Waals surface area contributed by atoms with Gasteiger partial charge in [-0.1, -0.05) is 6.07 Å². The first-order valence-corrected chi connectivity index (χ1v) is 9.48. The lowest BCUT2D eigenvalue weighted by Gasteiger charge is -2.32. The number of benzene rings is 1. The summed E-state index contributed by atoms with van der Waals surface area (Å²) < 4.78 is 37.0. The molecule has 1 atom stereocenters. The standard InChI is InChI=1S/C16H20FNO3S/c1-11-4-5-14(17)13-3-2-7-18(16(11)13)15(19)9-12-6-8-22(20,21)10-12/h4-5,12H,2-3,6-10H2,1H3/t12-/m0/s1. The number of carbonyl (C=O) groups excluding carboxylic acids is 1. The molecule has 6 heteroatoms. The van der Waals surface area contributed by atoms with Crippen molar-refractivity contribution in [3.63, 3.8) is 0 Å². The number of anilines is 1. The number of aryl methyl sites for hydroxylation is 1. The second-order valence-corrected chi connectivity index (χ2v) is 8.54. The monoisotopic (exact) mass is 325 g/mol. The Labute approximate surface area is 130 Å². The highest BCUT2D eigenvalue weighted by atomic mass is 32.2. The molecular formula is C16H20FNO3S. The molecule has 1 aromatic carbocycles. The second-order valence-electron chi connectivity index (χ2n) is 6.31. The van der Waals surface area contributed by atoms with Crippen LogP contribution in [0.25, 0.3) is 0 Å². The number of rotatable bonds is 2. The fraction of sp³-hybridized carbons (Fsp3) is 0.562. The number of hydrogen-bond donors (Lipinski definition) is 0. The molecule has 2 aliphatic heterocycles. The first kappa shape index (κ1) is 15.5. The van der Waals surface area contributed by atoms with Gasteiger partial charge in [0.2, 0.25) is 5.91 Å². The third-order valence-corrected chi connectivity index (χ3v) is 6.43. The van der Waals surface area contributed by atoms with E-state index in [4.69, 9.17) is 0 Å². The molecule has 0 aromatic heterocycles. The maximum atomic E-state index is 14.0. The van der Waals surface area contributed by atoms with Crippen molar-refractivity contribution in [3.05, 3.63) is 29.1 Å². The largest absolute Gasteiger partial charge is 0.312 e. The second kappa shape index (κ2) is 5.65. The smallest absolute Gasteiger partial charge is 0.227 e. The van der Waals surface area contributed by atoms with Crippen LogP contribution in [0.15, 0.2) is 12.1 Å². The van der Waals surface area contributed by atoms with E-state index in [0.29, 0.717) is 30.6 Å². The Morgan fingerprint density at radius 2 is 2.18 bits per heavy atom. The molecule has 0 N–H and O–H groups in total. The van der Waals surface area contributed by atoms with Gasteiger partial charge in [0.25, 0.3) is 0 Å². The quantitative estimate of drug-likeness (QED) is 0.838. The van der Waals surface area contributed by atoms with Crippen LogP contribution in [0.2, 0.25) is 0 Å². The van der Waals surface area contributed by atoms with E-state index >= 15 is 0 Å². The molecule has 4 nitrogen and oxygen atoms in total. The van der Waals surface area contributed by atoms with Crippen molar-refractivity contribution in [2.24, 2.45) is 5.92 Å². The molecule has 120 valence electrons. The van der Waals surface area contributed by atoms with Crippen LogP contribution in [-0.2, 0) is 21.1 Å². The molecular weight excluding hydrogens is 305 g/mol. The Morgan fingerprint density at radius 3 is 2.86 bits per heavy atom. The highest BCUT2D eigenvalue weighted by Gasteiger charge is 2.33. The summed E-state index contributed by atoms with van der Waals surface area (Å²) in [5, 5.41) is 0. The normalized spacial score (nSPS) is 23.4. The molecule has 2 aliphatic rings. The third kappa shape index (κ3) is 2.89. The molecule has 1 saturated heterocycles. The van der Waals surface area contributed by atoms with Crippen LogP contribution in [0.4, 0.5) is 10.1 Å². The maximum Gasteiger partial charge on any atom is 0.227 e. The number of amides is 1. The molecule has 2 heterocycles. The minimum absolute atomic E-state index is 0.0863. The Morgan fingerprint density at radius 1 is 1.41 bits per heavy atom. The highest BCUT2D eigenvalue weighted by molar-refractivity contribution is 7.91. The summed E-state index contributed by atoms with van der Waals surface area (Å²) in [4.78, 5) is 14.3. The fourth-order valence-electron chi connectivity index (χ4n) is 3.51. The molecule has 0 spiro atoms. The van der Waals surface area contributed by atoms with Gasteiger partial charge in [0, 0.05) is 18.5 Å². The predicted molar refractivity (Wildman–Crippen MR) is 83.2 cm³/mol. The Hall–Kier alpha value is -1.43. The van der Waals surface area contributed by atoms with Gasteiger partial charge in [-0.25, -0.2) is 12.8 Å². The van der Waals surface area contributed by atoms with Crippen molar-refractivity contribution in [1.82, 2.24) is 0 Å². The van der Waals surface area contributed by atoms with Crippen molar-refractivity contribution >= 4 is 21.4 Å². The Bertz CT molecular complexity index is 714. The number of fused-ring (bicyclic) bond motifs is 1. The van der Waals surface area contributed by atoms with E-state index in [9.17, 15) is 17.6 Å². The summed E-state index contributed by atoms with van der Waals surface area (Å²) in [6.07, 6.45) is 2.16. The van der Waals surface area contributed by atoms with Gasteiger partial charge in [-0.05, 0) is 43.7 Å². The molecule has 22 heavy (non-hydrogen) atoms. The molecule has 0 radical (unpaired) electrons. The minimum atomic E-state index is -2.98. The molecule has 1 fully saturated rings. The van der Waals surface area contributed by atoms with E-state index in [1.165, 1.54) is 6.07 Å². The summed E-state index contributed by atoms with van der Waals surface area (Å²) in [7, 11) is -2.98. The topological polar surface area (TPSA) is 54.5 Å². The SMILES string of the molecule is Cc1ccc(F)c2c1N(C(=O)C[C@@H]1CCS(=O)(=O)C1)CCC2. The van der Waals surface area contributed by atoms with Crippen LogP contribution >= 0.6 is 0 Å². The van der Waals surface area contributed by atoms with E-state index in [1.807, 2.05) is 6.92 Å². The van der Waals surface area contributed by atoms with E-state index in [2.05, 4.69) is 0 Å². The lowest BCUT2D eigenvalue weighted by molar-refractivity contribution is -0.119. The lowest BCUT2D eigenvalue weighted by atomic mass is 9.96. The molecule has 1 aromatic rings. The zero-order valence-corrected chi connectivity index (χ0v) is 13.5. The number of hydrogen-bond acceptors (Lipinski definition) is 3. The Balaban J connectivity index is 1.82. The van der Waals surface area contributed by atoms with Gasteiger partial charge < -0.3 is 4.90 Å². The van der Waals surface area contributed by atoms with Gasteiger partial charge in [0.15, 0.2) is 9.84 Å². The van der Waals surface area contributed by atoms with E-state index in [1.54, 1.807) is 11.0 Å². The van der Waals surface area contributed by atoms with E-state index in [-0.39, 0.29) is 35.6 Å². The number of nitrogens with zero attached hydrogens (tertiary/aromatic N) is 1. The molecule has 0 unspecified atom stereocenters. The average Bonchev–Trinajstić information content (AvgIpc) is 2.81. The first-order valence-electron chi connectivity index (χ1n) is 7.66. The zero-order chi connectivity index (χ0) is 15.9. The van der Waals surface area contributed by atoms with Crippen LogP contribution in [-0.4, -0.2) is 32.4 Å².